The fourth-order valence-electron chi connectivity index (χ4n) is 0. The minimum absolute atomic E-state index is 0. The molecule has 0 fully saturated rings. The number of hydrogen-bond donors (Lipinski definition) is 2. The average Bonchev–Trinajstić information content (AvgIpc) is 0. The van der Waals surface area contributed by atoms with E-state index in [1.165, 1.54) is 0 Å². The van der Waals surface area contributed by atoms with E-state index in [0.717, 1.165) is 0 Å². The molecule has 8 N–H and O–H groups in total. The SMILES string of the molecule is N.N.O.[Fe+3]. The molecule has 0 spiro atoms. The molecule has 4 heavy (non-hydrogen) atoms. The summed E-state index contributed by atoms with van der Waals surface area (Å²) in [6.45, 7) is 0. The van der Waals surface area contributed by atoms with Crippen molar-refractivity contribution in [2.45, 2.75) is 0 Å². The van der Waals surface area contributed by atoms with Crippen LogP contribution in [0.3, 0.4) is 0 Å². The molecule has 0 aromatic rings. The Kier molecular flexibility index (Phi) is 9770. The van der Waals surface area contributed by atoms with Crippen LogP contribution in [0.1, 0.15) is 0 Å². The molecule has 0 aliphatic carbocycles. The molecule has 1 radical (unpaired) electrons. The molecule has 0 atom stereocenters. The van der Waals surface area contributed by atoms with Gasteiger partial charge in [0.15, 0.2) is 0 Å². The van der Waals surface area contributed by atoms with Crippen LogP contribution in [0.5, 0.6) is 0 Å². The standard InChI is InChI=1S/Fe.2H3N.H2O/h;2*1H3;1H2/q+3;;;. The third-order valence-electron chi connectivity index (χ3n) is 0. The molecule has 4 heteroatoms. The van der Waals surface area contributed by atoms with Gasteiger partial charge in [-0.15, -0.1) is 0 Å². The molecule has 0 saturated heterocycles. The van der Waals surface area contributed by atoms with Crippen LogP contribution in [0.25, 0.3) is 0 Å². The molecular weight excluding hydrogens is 99.9 g/mol. The van der Waals surface area contributed by atoms with E-state index in [9.17, 15) is 0 Å². The molecule has 0 amide bonds. The number of rotatable bonds is 0. The van der Waals surface area contributed by atoms with E-state index in [2.05, 4.69) is 0 Å². The first-order valence-corrected chi connectivity index (χ1v) is 0. The van der Waals surface area contributed by atoms with Crippen molar-refractivity contribution in [1.82, 2.24) is 12.3 Å². The molecule has 29 valence electrons. The Hall–Kier alpha value is 0.399. The van der Waals surface area contributed by atoms with Gasteiger partial charge in [0.05, 0.1) is 0 Å². The molecule has 0 bridgehead atoms. The van der Waals surface area contributed by atoms with Gasteiger partial charge in [0.1, 0.15) is 0 Å². The van der Waals surface area contributed by atoms with Crippen molar-refractivity contribution in [3.8, 4) is 0 Å². The summed E-state index contributed by atoms with van der Waals surface area (Å²) in [5.41, 5.74) is 0. The monoisotopic (exact) mass is 108 g/mol. The Morgan fingerprint density at radius 3 is 0.750 bits per heavy atom. The first kappa shape index (κ1) is 319. The Labute approximate surface area is 35.7 Å². The third-order valence-corrected chi connectivity index (χ3v) is 0. The molecule has 0 rings (SSSR count). The summed E-state index contributed by atoms with van der Waals surface area (Å²) < 4.78 is 0. The van der Waals surface area contributed by atoms with Crippen LogP contribution < -0.4 is 12.3 Å². The van der Waals surface area contributed by atoms with Gasteiger partial charge >= 0.3 is 17.1 Å². The Balaban J connectivity index is 0. The molecule has 0 aliphatic rings. The summed E-state index contributed by atoms with van der Waals surface area (Å²) >= 11 is 0. The summed E-state index contributed by atoms with van der Waals surface area (Å²) in [6, 6.07) is 0. The second-order valence-corrected chi connectivity index (χ2v) is 0. The van der Waals surface area contributed by atoms with Gasteiger partial charge in [0.2, 0.25) is 0 Å². The Bertz CT molecular complexity index is 6.00. The van der Waals surface area contributed by atoms with Gasteiger partial charge < -0.3 is 17.8 Å². The van der Waals surface area contributed by atoms with Crippen molar-refractivity contribution in [2.75, 3.05) is 0 Å². The topological polar surface area (TPSA) is 102 Å². The average molecular weight is 108 g/mol. The van der Waals surface area contributed by atoms with Crippen molar-refractivity contribution < 1.29 is 22.5 Å². The second-order valence-electron chi connectivity index (χ2n) is 0. The van der Waals surface area contributed by atoms with Gasteiger partial charge in [-0.3, -0.25) is 0 Å². The molecular formula is H8FeN2O+3. The van der Waals surface area contributed by atoms with Crippen LogP contribution in [-0.4, -0.2) is 5.48 Å². The summed E-state index contributed by atoms with van der Waals surface area (Å²) in [5.74, 6) is 0. The maximum absolute atomic E-state index is 0. The van der Waals surface area contributed by atoms with Crippen LogP contribution in [0, 0.1) is 0 Å². The predicted molar refractivity (Wildman–Crippen MR) is 13.7 cm³/mol. The van der Waals surface area contributed by atoms with Crippen LogP contribution in [0.2, 0.25) is 0 Å². The van der Waals surface area contributed by atoms with Gasteiger partial charge in [-0.1, -0.05) is 0 Å². The van der Waals surface area contributed by atoms with E-state index in [1.54, 1.807) is 0 Å². The van der Waals surface area contributed by atoms with Crippen LogP contribution in [0.15, 0.2) is 0 Å². The maximum atomic E-state index is 0. The van der Waals surface area contributed by atoms with Crippen molar-refractivity contribution in [2.24, 2.45) is 0 Å². The molecule has 0 aromatic heterocycles. The van der Waals surface area contributed by atoms with E-state index in [-0.39, 0.29) is 34.8 Å². The normalized spacial score (nSPS) is 0. The van der Waals surface area contributed by atoms with Crippen molar-refractivity contribution >= 4 is 0 Å². The van der Waals surface area contributed by atoms with Crippen LogP contribution in [-0.2, 0) is 17.1 Å². The van der Waals surface area contributed by atoms with E-state index < -0.39 is 0 Å². The summed E-state index contributed by atoms with van der Waals surface area (Å²) in [7, 11) is 0. The fourth-order valence-corrected chi connectivity index (χ4v) is 0. The predicted octanol–water partition coefficient (Wildman–Crippen LogP) is -0.503. The molecule has 0 aliphatic heterocycles. The van der Waals surface area contributed by atoms with E-state index in [1.807, 2.05) is 0 Å². The fraction of sp³-hybridized carbons (Fsp3) is 0. The maximum Gasteiger partial charge on any atom is 3.00 e. The van der Waals surface area contributed by atoms with E-state index in [4.69, 9.17) is 0 Å². The van der Waals surface area contributed by atoms with E-state index >= 15 is 0 Å². The van der Waals surface area contributed by atoms with E-state index in [0.29, 0.717) is 0 Å². The largest absolute Gasteiger partial charge is 3.00 e. The van der Waals surface area contributed by atoms with Gasteiger partial charge in [0.25, 0.3) is 0 Å². The minimum Gasteiger partial charge on any atom is -0.412 e. The minimum atomic E-state index is 0. The van der Waals surface area contributed by atoms with Crippen molar-refractivity contribution in [1.29, 1.82) is 0 Å². The van der Waals surface area contributed by atoms with Crippen LogP contribution in [0.4, 0.5) is 0 Å². The van der Waals surface area contributed by atoms with Gasteiger partial charge in [-0.25, -0.2) is 0 Å². The molecule has 0 unspecified atom stereocenters. The first-order chi connectivity index (χ1) is 0. The Morgan fingerprint density at radius 1 is 0.750 bits per heavy atom. The third kappa shape index (κ3) is 29.4. The molecule has 0 aromatic carbocycles. The van der Waals surface area contributed by atoms with Crippen LogP contribution >= 0.6 is 0 Å². The molecule has 0 heterocycles. The summed E-state index contributed by atoms with van der Waals surface area (Å²) in [5, 5.41) is 0. The first-order valence-electron chi connectivity index (χ1n) is 0. The van der Waals surface area contributed by atoms with Crippen molar-refractivity contribution in [3.05, 3.63) is 0 Å². The van der Waals surface area contributed by atoms with Gasteiger partial charge in [0, 0.05) is 0 Å². The Morgan fingerprint density at radius 2 is 0.750 bits per heavy atom. The summed E-state index contributed by atoms with van der Waals surface area (Å²) in [4.78, 5) is 0. The van der Waals surface area contributed by atoms with Gasteiger partial charge in [-0.2, -0.15) is 0 Å². The zero-order chi connectivity index (χ0) is 0. The quantitative estimate of drug-likeness (QED) is 0.408. The summed E-state index contributed by atoms with van der Waals surface area (Å²) in [6.07, 6.45) is 0. The zero-order valence-corrected chi connectivity index (χ0v) is 3.37. The van der Waals surface area contributed by atoms with Gasteiger partial charge in [-0.05, 0) is 0 Å². The zero-order valence-electron chi connectivity index (χ0n) is 2.27. The molecule has 0 saturated carbocycles. The smallest absolute Gasteiger partial charge is 0.412 e. The van der Waals surface area contributed by atoms with Crippen molar-refractivity contribution in [3.63, 3.8) is 0 Å². The molecule has 3 nitrogen and oxygen atoms in total. The second kappa shape index (κ2) is 123. The number of hydrogen-bond acceptors (Lipinski definition) is 2.